The first-order chi connectivity index (χ1) is 10.2. The van der Waals surface area contributed by atoms with Crippen LogP contribution in [0.15, 0.2) is 38.8 Å². The minimum atomic E-state index is 0.352. The fourth-order valence-corrected chi connectivity index (χ4v) is 4.22. The summed E-state index contributed by atoms with van der Waals surface area (Å²) in [6.07, 6.45) is 11.5. The standard InChI is InChI=1S/C18H25Br2N/c1-2-12-21-18(14-8-6-4-3-5-7-9-14)16-11-10-15(19)13-17(16)20/h8,10-11,13,18,21H,2-7,9,12H2,1H3/b14-8+. The van der Waals surface area contributed by atoms with Crippen LogP contribution in [0.2, 0.25) is 0 Å². The van der Waals surface area contributed by atoms with E-state index in [0.717, 1.165) is 17.4 Å². The summed E-state index contributed by atoms with van der Waals surface area (Å²) in [5.41, 5.74) is 2.93. The van der Waals surface area contributed by atoms with E-state index in [1.807, 2.05) is 0 Å². The van der Waals surface area contributed by atoms with E-state index in [2.05, 4.69) is 68.4 Å². The van der Waals surface area contributed by atoms with E-state index in [9.17, 15) is 0 Å². The normalized spacial score (nSPS) is 20.2. The molecule has 1 unspecified atom stereocenters. The van der Waals surface area contributed by atoms with Crippen molar-refractivity contribution in [3.05, 3.63) is 44.4 Å². The van der Waals surface area contributed by atoms with Crippen molar-refractivity contribution in [3.63, 3.8) is 0 Å². The average Bonchev–Trinajstić information content (AvgIpc) is 2.42. The van der Waals surface area contributed by atoms with Crippen LogP contribution in [0.1, 0.15) is 63.5 Å². The summed E-state index contributed by atoms with van der Waals surface area (Å²) in [4.78, 5) is 0. The lowest BCUT2D eigenvalue weighted by atomic mass is 9.91. The molecule has 0 saturated heterocycles. The Morgan fingerprint density at radius 2 is 1.95 bits per heavy atom. The lowest BCUT2D eigenvalue weighted by Crippen LogP contribution is -2.24. The first-order valence-corrected chi connectivity index (χ1v) is 9.68. The summed E-state index contributed by atoms with van der Waals surface area (Å²) in [6.45, 7) is 3.29. The molecule has 1 atom stereocenters. The molecule has 0 bridgehead atoms. The molecule has 0 saturated carbocycles. The molecule has 1 aromatic rings. The van der Waals surface area contributed by atoms with Crippen molar-refractivity contribution < 1.29 is 0 Å². The maximum absolute atomic E-state index is 3.75. The van der Waals surface area contributed by atoms with Crippen LogP contribution in [-0.4, -0.2) is 6.54 Å². The van der Waals surface area contributed by atoms with Gasteiger partial charge in [0.2, 0.25) is 0 Å². The van der Waals surface area contributed by atoms with Gasteiger partial charge in [0.1, 0.15) is 0 Å². The van der Waals surface area contributed by atoms with Gasteiger partial charge >= 0.3 is 0 Å². The van der Waals surface area contributed by atoms with Gasteiger partial charge in [0.15, 0.2) is 0 Å². The Hall–Kier alpha value is -0.120. The molecule has 116 valence electrons. The zero-order chi connectivity index (χ0) is 15.1. The third kappa shape index (κ3) is 5.22. The molecule has 0 fully saturated rings. The van der Waals surface area contributed by atoms with Gasteiger partial charge in [-0.05, 0) is 56.3 Å². The van der Waals surface area contributed by atoms with Gasteiger partial charge < -0.3 is 5.32 Å². The molecule has 0 spiro atoms. The van der Waals surface area contributed by atoms with E-state index < -0.39 is 0 Å². The predicted octanol–water partition coefficient (Wildman–Crippen LogP) is 6.53. The summed E-state index contributed by atoms with van der Waals surface area (Å²) in [5, 5.41) is 3.75. The average molecular weight is 415 g/mol. The minimum absolute atomic E-state index is 0.352. The zero-order valence-electron chi connectivity index (χ0n) is 12.8. The molecule has 1 N–H and O–H groups in total. The summed E-state index contributed by atoms with van der Waals surface area (Å²) in [6, 6.07) is 6.88. The molecule has 1 aliphatic rings. The summed E-state index contributed by atoms with van der Waals surface area (Å²) in [5.74, 6) is 0. The van der Waals surface area contributed by atoms with Crippen LogP contribution in [-0.2, 0) is 0 Å². The Bertz CT molecular complexity index is 482. The third-order valence-electron chi connectivity index (χ3n) is 4.07. The maximum Gasteiger partial charge on any atom is 0.0547 e. The van der Waals surface area contributed by atoms with Crippen LogP contribution < -0.4 is 5.32 Å². The lowest BCUT2D eigenvalue weighted by Gasteiger charge is -2.25. The molecule has 2 rings (SSSR count). The fraction of sp³-hybridized carbons (Fsp3) is 0.556. The largest absolute Gasteiger partial charge is 0.307 e. The van der Waals surface area contributed by atoms with Gasteiger partial charge in [0.05, 0.1) is 6.04 Å². The topological polar surface area (TPSA) is 12.0 Å². The third-order valence-corrected chi connectivity index (χ3v) is 5.25. The van der Waals surface area contributed by atoms with Crippen molar-refractivity contribution in [3.8, 4) is 0 Å². The van der Waals surface area contributed by atoms with Crippen LogP contribution in [0.4, 0.5) is 0 Å². The molecule has 1 nitrogen and oxygen atoms in total. The zero-order valence-corrected chi connectivity index (χ0v) is 16.0. The second kappa shape index (κ2) is 9.12. The summed E-state index contributed by atoms with van der Waals surface area (Å²) in [7, 11) is 0. The Balaban J connectivity index is 2.27. The second-order valence-electron chi connectivity index (χ2n) is 5.78. The minimum Gasteiger partial charge on any atom is -0.307 e. The quantitative estimate of drug-likeness (QED) is 0.539. The van der Waals surface area contributed by atoms with Gasteiger partial charge in [-0.3, -0.25) is 0 Å². The van der Waals surface area contributed by atoms with Crippen LogP contribution in [0.25, 0.3) is 0 Å². The van der Waals surface area contributed by atoms with Gasteiger partial charge in [-0.25, -0.2) is 0 Å². The van der Waals surface area contributed by atoms with E-state index >= 15 is 0 Å². The first-order valence-electron chi connectivity index (χ1n) is 8.09. The monoisotopic (exact) mass is 413 g/mol. The Kier molecular flexibility index (Phi) is 7.48. The molecule has 21 heavy (non-hydrogen) atoms. The van der Waals surface area contributed by atoms with Crippen LogP contribution >= 0.6 is 31.9 Å². The summed E-state index contributed by atoms with van der Waals surface area (Å²) < 4.78 is 2.31. The maximum atomic E-state index is 3.75. The van der Waals surface area contributed by atoms with E-state index in [1.54, 1.807) is 5.57 Å². The van der Waals surface area contributed by atoms with Crippen molar-refractivity contribution in [1.29, 1.82) is 0 Å². The molecule has 0 aromatic heterocycles. The van der Waals surface area contributed by atoms with E-state index in [-0.39, 0.29) is 0 Å². The van der Waals surface area contributed by atoms with Crippen molar-refractivity contribution in [1.82, 2.24) is 5.32 Å². The molecule has 3 heteroatoms. The Morgan fingerprint density at radius 3 is 2.71 bits per heavy atom. The van der Waals surface area contributed by atoms with Crippen molar-refractivity contribution in [2.24, 2.45) is 0 Å². The number of halogens is 2. The van der Waals surface area contributed by atoms with E-state index in [4.69, 9.17) is 0 Å². The molecule has 0 aliphatic heterocycles. The number of hydrogen-bond acceptors (Lipinski definition) is 1. The van der Waals surface area contributed by atoms with Crippen molar-refractivity contribution in [2.45, 2.75) is 57.9 Å². The first kappa shape index (κ1) is 17.2. The van der Waals surface area contributed by atoms with Gasteiger partial charge in [-0.1, -0.05) is 69.3 Å². The number of hydrogen-bond donors (Lipinski definition) is 1. The van der Waals surface area contributed by atoms with Crippen LogP contribution in [0.5, 0.6) is 0 Å². The highest BCUT2D eigenvalue weighted by Crippen LogP contribution is 2.34. The molecule has 0 amide bonds. The highest BCUT2D eigenvalue weighted by Gasteiger charge is 2.19. The Morgan fingerprint density at radius 1 is 1.14 bits per heavy atom. The SMILES string of the molecule is CCCNC(/C1=C/CCCCCC1)c1ccc(Br)cc1Br. The highest BCUT2D eigenvalue weighted by molar-refractivity contribution is 9.11. The van der Waals surface area contributed by atoms with Gasteiger partial charge in [-0.15, -0.1) is 0 Å². The number of allylic oxidation sites excluding steroid dienone is 1. The van der Waals surface area contributed by atoms with Crippen molar-refractivity contribution in [2.75, 3.05) is 6.54 Å². The number of benzene rings is 1. The summed E-state index contributed by atoms with van der Waals surface area (Å²) >= 11 is 7.30. The fourth-order valence-electron chi connectivity index (χ4n) is 2.94. The number of nitrogens with one attached hydrogen (secondary N) is 1. The molecule has 1 aliphatic carbocycles. The molecule has 1 aromatic carbocycles. The molecular weight excluding hydrogens is 390 g/mol. The second-order valence-corrected chi connectivity index (χ2v) is 7.55. The smallest absolute Gasteiger partial charge is 0.0547 e. The van der Waals surface area contributed by atoms with Crippen LogP contribution in [0.3, 0.4) is 0 Å². The predicted molar refractivity (Wildman–Crippen MR) is 98.7 cm³/mol. The molecular formula is C18H25Br2N. The molecule has 0 radical (unpaired) electrons. The van der Waals surface area contributed by atoms with Gasteiger partial charge in [0, 0.05) is 8.95 Å². The number of rotatable bonds is 5. The lowest BCUT2D eigenvalue weighted by molar-refractivity contribution is 0.539. The van der Waals surface area contributed by atoms with E-state index in [1.165, 1.54) is 48.6 Å². The van der Waals surface area contributed by atoms with Gasteiger partial charge in [0.25, 0.3) is 0 Å². The van der Waals surface area contributed by atoms with Crippen molar-refractivity contribution >= 4 is 31.9 Å². The van der Waals surface area contributed by atoms with E-state index in [0.29, 0.717) is 6.04 Å². The van der Waals surface area contributed by atoms with Gasteiger partial charge in [-0.2, -0.15) is 0 Å². The molecule has 0 heterocycles. The highest BCUT2D eigenvalue weighted by atomic mass is 79.9. The van der Waals surface area contributed by atoms with Crippen LogP contribution in [0, 0.1) is 0 Å². The Labute approximate surface area is 145 Å².